The van der Waals surface area contributed by atoms with Crippen LogP contribution in [0.3, 0.4) is 0 Å². The summed E-state index contributed by atoms with van der Waals surface area (Å²) in [5.74, 6) is 0. The molecule has 0 atom stereocenters. The highest BCUT2D eigenvalue weighted by Gasteiger charge is 2.23. The smallest absolute Gasteiger partial charge is 0.241 e. The van der Waals surface area contributed by atoms with Crippen molar-refractivity contribution in [2.45, 2.75) is 18.0 Å². The minimum atomic E-state index is -3.63. The van der Waals surface area contributed by atoms with Gasteiger partial charge in [-0.05, 0) is 7.05 Å². The van der Waals surface area contributed by atoms with E-state index >= 15 is 0 Å². The third kappa shape index (κ3) is 1.54. The molecular formula is C7H12N4O2S. The van der Waals surface area contributed by atoms with Crippen LogP contribution >= 0.6 is 0 Å². The fourth-order valence-electron chi connectivity index (χ4n) is 1.58. The second kappa shape index (κ2) is 3.04. The van der Waals surface area contributed by atoms with E-state index in [0.29, 0.717) is 18.8 Å². The first-order valence-corrected chi connectivity index (χ1v) is 5.79. The average Bonchev–Trinajstić information content (AvgIpc) is 2.45. The molecule has 0 saturated heterocycles. The van der Waals surface area contributed by atoms with Gasteiger partial charge in [-0.15, -0.1) is 0 Å². The molecule has 0 amide bonds. The van der Waals surface area contributed by atoms with Crippen LogP contribution in [0.5, 0.6) is 0 Å². The number of rotatable bonds is 1. The molecule has 0 fully saturated rings. The average molecular weight is 216 g/mol. The lowest BCUT2D eigenvalue weighted by Gasteiger charge is -2.23. The SMILES string of the molecule is CN1CCn2ncc(S(N)(=O)=O)c2C1. The first-order chi connectivity index (χ1) is 6.48. The summed E-state index contributed by atoms with van der Waals surface area (Å²) in [5.41, 5.74) is 0.682. The van der Waals surface area contributed by atoms with Crippen molar-refractivity contribution in [1.82, 2.24) is 14.7 Å². The second-order valence-corrected chi connectivity index (χ2v) is 4.99. The monoisotopic (exact) mass is 216 g/mol. The summed E-state index contributed by atoms with van der Waals surface area (Å²) in [6.45, 7) is 2.16. The number of fused-ring (bicyclic) bond motifs is 1. The van der Waals surface area contributed by atoms with E-state index in [1.165, 1.54) is 6.20 Å². The number of sulfonamides is 1. The van der Waals surface area contributed by atoms with E-state index in [-0.39, 0.29) is 4.90 Å². The van der Waals surface area contributed by atoms with Crippen molar-refractivity contribution in [3.05, 3.63) is 11.9 Å². The van der Waals surface area contributed by atoms with Crippen LogP contribution in [0.15, 0.2) is 11.1 Å². The van der Waals surface area contributed by atoms with Gasteiger partial charge in [0.05, 0.1) is 18.4 Å². The van der Waals surface area contributed by atoms with E-state index in [1.54, 1.807) is 4.68 Å². The molecule has 78 valence electrons. The molecule has 14 heavy (non-hydrogen) atoms. The maximum atomic E-state index is 11.2. The van der Waals surface area contributed by atoms with Crippen LogP contribution in [0.2, 0.25) is 0 Å². The number of primary sulfonamides is 1. The van der Waals surface area contributed by atoms with E-state index in [4.69, 9.17) is 5.14 Å². The van der Waals surface area contributed by atoms with Gasteiger partial charge in [-0.25, -0.2) is 13.6 Å². The molecule has 2 rings (SSSR count). The van der Waals surface area contributed by atoms with E-state index < -0.39 is 10.0 Å². The van der Waals surface area contributed by atoms with Crippen LogP contribution in [-0.4, -0.2) is 36.7 Å². The quantitative estimate of drug-likeness (QED) is 0.651. The molecule has 1 aliphatic rings. The zero-order chi connectivity index (χ0) is 10.3. The molecule has 2 heterocycles. The maximum absolute atomic E-state index is 11.2. The highest BCUT2D eigenvalue weighted by atomic mass is 32.2. The van der Waals surface area contributed by atoms with E-state index in [0.717, 1.165) is 6.54 Å². The predicted molar refractivity (Wildman–Crippen MR) is 49.9 cm³/mol. The number of nitrogens with two attached hydrogens (primary N) is 1. The minimum Gasteiger partial charge on any atom is -0.299 e. The minimum absolute atomic E-state index is 0.143. The molecular weight excluding hydrogens is 204 g/mol. The van der Waals surface area contributed by atoms with Crippen molar-refractivity contribution in [3.8, 4) is 0 Å². The first-order valence-electron chi connectivity index (χ1n) is 4.24. The largest absolute Gasteiger partial charge is 0.299 e. The highest BCUT2D eigenvalue weighted by molar-refractivity contribution is 7.89. The molecule has 0 spiro atoms. The Bertz CT molecular complexity index is 450. The number of likely N-dealkylation sites (N-methyl/N-ethyl adjacent to an activating group) is 1. The van der Waals surface area contributed by atoms with Gasteiger partial charge in [-0.1, -0.05) is 0 Å². The molecule has 6 nitrogen and oxygen atoms in total. The summed E-state index contributed by atoms with van der Waals surface area (Å²) >= 11 is 0. The lowest BCUT2D eigenvalue weighted by Crippen LogP contribution is -2.31. The van der Waals surface area contributed by atoms with Gasteiger partial charge >= 0.3 is 0 Å². The van der Waals surface area contributed by atoms with Crippen LogP contribution in [0.4, 0.5) is 0 Å². The molecule has 7 heteroatoms. The molecule has 2 N–H and O–H groups in total. The van der Waals surface area contributed by atoms with E-state index in [2.05, 4.69) is 5.10 Å². The van der Waals surface area contributed by atoms with Gasteiger partial charge in [0.25, 0.3) is 0 Å². The third-order valence-electron chi connectivity index (χ3n) is 2.33. The van der Waals surface area contributed by atoms with Gasteiger partial charge in [-0.3, -0.25) is 9.58 Å². The molecule has 0 bridgehead atoms. The Morgan fingerprint density at radius 1 is 1.50 bits per heavy atom. The zero-order valence-electron chi connectivity index (χ0n) is 7.84. The van der Waals surface area contributed by atoms with Gasteiger partial charge in [0.2, 0.25) is 10.0 Å². The third-order valence-corrected chi connectivity index (χ3v) is 3.28. The molecule has 0 aromatic carbocycles. The summed E-state index contributed by atoms with van der Waals surface area (Å²) in [6.07, 6.45) is 1.32. The molecule has 0 saturated carbocycles. The molecule has 1 aromatic rings. The Labute approximate surface area is 82.4 Å². The summed E-state index contributed by atoms with van der Waals surface area (Å²) in [5, 5.41) is 9.06. The van der Waals surface area contributed by atoms with Gasteiger partial charge < -0.3 is 0 Å². The van der Waals surface area contributed by atoms with Crippen molar-refractivity contribution < 1.29 is 8.42 Å². The predicted octanol–water partition coefficient (Wildman–Crippen LogP) is -1.02. The topological polar surface area (TPSA) is 81.2 Å². The first kappa shape index (κ1) is 9.63. The molecule has 1 aromatic heterocycles. The Hall–Kier alpha value is -0.920. The lowest BCUT2D eigenvalue weighted by molar-refractivity contribution is 0.256. The lowest BCUT2D eigenvalue weighted by atomic mass is 10.3. The molecule has 1 aliphatic heterocycles. The van der Waals surface area contributed by atoms with Gasteiger partial charge in [0, 0.05) is 13.1 Å². The number of aromatic nitrogens is 2. The fourth-order valence-corrected chi connectivity index (χ4v) is 2.28. The van der Waals surface area contributed by atoms with Gasteiger partial charge in [-0.2, -0.15) is 5.10 Å². The normalized spacial score (nSPS) is 18.1. The Balaban J connectivity index is 2.51. The Kier molecular flexibility index (Phi) is 2.09. The van der Waals surface area contributed by atoms with Gasteiger partial charge in [0.15, 0.2) is 0 Å². The van der Waals surface area contributed by atoms with Crippen LogP contribution in [0.25, 0.3) is 0 Å². The van der Waals surface area contributed by atoms with Crippen LogP contribution in [-0.2, 0) is 23.1 Å². The summed E-state index contributed by atoms with van der Waals surface area (Å²) in [4.78, 5) is 2.18. The van der Waals surface area contributed by atoms with Crippen LogP contribution < -0.4 is 5.14 Å². The summed E-state index contributed by atoms with van der Waals surface area (Å²) in [7, 11) is -1.70. The second-order valence-electron chi connectivity index (χ2n) is 3.46. The number of nitrogens with zero attached hydrogens (tertiary/aromatic N) is 3. The Morgan fingerprint density at radius 2 is 2.21 bits per heavy atom. The highest BCUT2D eigenvalue weighted by Crippen LogP contribution is 2.18. The van der Waals surface area contributed by atoms with Crippen molar-refractivity contribution in [2.24, 2.45) is 5.14 Å². The van der Waals surface area contributed by atoms with E-state index in [9.17, 15) is 8.42 Å². The molecule has 0 aliphatic carbocycles. The number of hydrogen-bond acceptors (Lipinski definition) is 4. The van der Waals surface area contributed by atoms with E-state index in [1.807, 2.05) is 11.9 Å². The standard InChI is InChI=1S/C7H12N4O2S/c1-10-2-3-11-6(5-10)7(4-9-11)14(8,12)13/h4H,2-3,5H2,1H3,(H2,8,12,13). The molecule has 0 radical (unpaired) electrons. The summed E-state index contributed by atoms with van der Waals surface area (Å²) < 4.78 is 24.1. The van der Waals surface area contributed by atoms with Crippen LogP contribution in [0, 0.1) is 0 Å². The van der Waals surface area contributed by atoms with Crippen molar-refractivity contribution >= 4 is 10.0 Å². The molecule has 0 unspecified atom stereocenters. The maximum Gasteiger partial charge on any atom is 0.241 e. The van der Waals surface area contributed by atoms with Crippen molar-refractivity contribution in [3.63, 3.8) is 0 Å². The zero-order valence-corrected chi connectivity index (χ0v) is 8.66. The van der Waals surface area contributed by atoms with Crippen molar-refractivity contribution in [1.29, 1.82) is 0 Å². The van der Waals surface area contributed by atoms with Gasteiger partial charge in [0.1, 0.15) is 4.90 Å². The summed E-state index contributed by atoms with van der Waals surface area (Å²) in [6, 6.07) is 0. The van der Waals surface area contributed by atoms with Crippen molar-refractivity contribution in [2.75, 3.05) is 13.6 Å². The Morgan fingerprint density at radius 3 is 2.86 bits per heavy atom. The van der Waals surface area contributed by atoms with Crippen LogP contribution in [0.1, 0.15) is 5.69 Å². The number of hydrogen-bond donors (Lipinski definition) is 1. The fraction of sp³-hybridized carbons (Fsp3) is 0.571.